The Bertz CT molecular complexity index is 1600. The van der Waals surface area contributed by atoms with Crippen molar-refractivity contribution in [1.29, 1.82) is 0 Å². The molecule has 5 fully saturated rings. The predicted octanol–water partition coefficient (Wildman–Crippen LogP) is 12.3. The van der Waals surface area contributed by atoms with Crippen LogP contribution >= 0.6 is 21.6 Å². The van der Waals surface area contributed by atoms with Gasteiger partial charge in [0.2, 0.25) is 0 Å². The minimum Gasteiger partial charge on any atom is -0.508 e. The van der Waals surface area contributed by atoms with Crippen LogP contribution in [-0.2, 0) is 19.4 Å². The molecular weight excluding hydrogens is 659 g/mol. The highest BCUT2D eigenvalue weighted by atomic mass is 33.1. The Labute approximate surface area is 318 Å². The number of phenolic OH excluding ortho intramolecular Hbond substituents is 1. The number of hydrogen-bond acceptors (Lipinski definition) is 4. The van der Waals surface area contributed by atoms with E-state index in [1.54, 1.807) is 12.8 Å². The van der Waals surface area contributed by atoms with Crippen molar-refractivity contribution in [2.45, 2.75) is 142 Å². The maximum atomic E-state index is 11.2. The van der Waals surface area contributed by atoms with E-state index >= 15 is 0 Å². The van der Waals surface area contributed by atoms with Crippen molar-refractivity contribution < 1.29 is 5.11 Å². The van der Waals surface area contributed by atoms with Crippen LogP contribution in [0.4, 0.5) is 0 Å². The molecule has 51 heavy (non-hydrogen) atoms. The van der Waals surface area contributed by atoms with Crippen LogP contribution in [0.2, 0.25) is 0 Å². The minimum absolute atomic E-state index is 0.384. The van der Waals surface area contributed by atoms with E-state index in [2.05, 4.69) is 89.3 Å². The first-order valence-electron chi connectivity index (χ1n) is 21.3. The Morgan fingerprint density at radius 2 is 1.51 bits per heavy atom. The van der Waals surface area contributed by atoms with Crippen molar-refractivity contribution >= 4 is 21.6 Å². The van der Waals surface area contributed by atoms with Gasteiger partial charge in [0.05, 0.1) is 0 Å². The van der Waals surface area contributed by atoms with Crippen LogP contribution < -0.4 is 5.32 Å². The SMILES string of the molecule is C[C@@H]1CC=C[C@]2(C1)C[C@@]1(CC[C@@]3(CCC4(CCCC4)C3)C1)CC1[C@@H]3Cc4cc(O)cc(c4)Cc4ccccc4CN[C@@H](C)CSSC[C@@H](C3)C[C@@H]12. The van der Waals surface area contributed by atoms with Gasteiger partial charge in [-0.25, -0.2) is 0 Å². The number of aromatic hydroxyl groups is 1. The first-order chi connectivity index (χ1) is 24.7. The fraction of sp³-hybridized carbons (Fsp3) is 0.702. The van der Waals surface area contributed by atoms with Gasteiger partial charge in [0, 0.05) is 24.1 Å². The molecule has 0 amide bonds. The average molecular weight is 724 g/mol. The normalized spacial score (nSPS) is 40.8. The summed E-state index contributed by atoms with van der Waals surface area (Å²) in [7, 11) is 4.28. The Morgan fingerprint density at radius 1 is 0.765 bits per heavy atom. The largest absolute Gasteiger partial charge is 0.508 e. The van der Waals surface area contributed by atoms with E-state index in [1.165, 1.54) is 118 Å². The third-order valence-electron chi connectivity index (χ3n) is 16.1. The molecule has 0 radical (unpaired) electrons. The molecule has 4 bridgehead atoms. The molecule has 1 aliphatic heterocycles. The molecule has 2 aromatic carbocycles. The predicted molar refractivity (Wildman–Crippen MR) is 218 cm³/mol. The number of rotatable bonds is 0. The van der Waals surface area contributed by atoms with Crippen molar-refractivity contribution in [2.24, 2.45) is 51.2 Å². The summed E-state index contributed by atoms with van der Waals surface area (Å²) in [5, 5.41) is 15.0. The first-order valence-corrected chi connectivity index (χ1v) is 23.7. The van der Waals surface area contributed by atoms with Crippen molar-refractivity contribution in [2.75, 3.05) is 11.5 Å². The molecule has 1 unspecified atom stereocenters. The molecule has 4 heteroatoms. The summed E-state index contributed by atoms with van der Waals surface area (Å²) in [6.07, 6.45) is 31.2. The molecule has 9 rings (SSSR count). The van der Waals surface area contributed by atoms with Crippen LogP contribution in [0.1, 0.15) is 139 Å². The summed E-state index contributed by atoms with van der Waals surface area (Å²) in [5.41, 5.74) is 7.71. The van der Waals surface area contributed by atoms with E-state index in [4.69, 9.17) is 0 Å². The monoisotopic (exact) mass is 723 g/mol. The van der Waals surface area contributed by atoms with Crippen LogP contribution in [0.3, 0.4) is 0 Å². The first kappa shape index (κ1) is 35.3. The van der Waals surface area contributed by atoms with Crippen molar-refractivity contribution in [3.63, 3.8) is 0 Å². The van der Waals surface area contributed by atoms with E-state index in [1.807, 2.05) is 6.07 Å². The molecule has 2 nitrogen and oxygen atoms in total. The van der Waals surface area contributed by atoms with Crippen LogP contribution in [0.25, 0.3) is 0 Å². The highest BCUT2D eigenvalue weighted by molar-refractivity contribution is 8.76. The lowest BCUT2D eigenvalue weighted by molar-refractivity contribution is -0.0843. The molecule has 2 N–H and O–H groups in total. The Balaban J connectivity index is 1.06. The summed E-state index contributed by atoms with van der Waals surface area (Å²) in [6, 6.07) is 16.1. The number of allylic oxidation sites excluding steroid dienone is 2. The van der Waals surface area contributed by atoms with Gasteiger partial charge in [-0.3, -0.25) is 0 Å². The van der Waals surface area contributed by atoms with Gasteiger partial charge in [-0.05, 0) is 195 Å². The van der Waals surface area contributed by atoms with Crippen molar-refractivity contribution in [3.05, 3.63) is 76.9 Å². The standard InChI is InChI=1S/C47H65NOS2/c1-33-8-7-13-47(25-33)32-46(17-16-45(31-46)15-14-44(30-45)11-5-6-12-44)26-42-40-20-36-18-35(22-41(49)23-36)19-38-9-3-4-10-39(38)27-48-34(2)28-50-51-29-37(21-40)24-43(42)47/h3-4,7,9-10,13,18,22-23,33-34,37,40,42-43,48-49H,5-6,8,11-12,14-17,19-21,24-32H2,1-2H3/t33-,34+,37+,40-,42?,43+,45-,46+,47+/m1/s1. The van der Waals surface area contributed by atoms with Crippen LogP contribution in [-0.4, -0.2) is 22.7 Å². The summed E-state index contributed by atoms with van der Waals surface area (Å²) in [6.45, 7) is 5.83. The molecule has 7 aliphatic rings. The maximum Gasteiger partial charge on any atom is 0.116 e. The third-order valence-corrected chi connectivity index (χ3v) is 18.8. The summed E-state index contributed by atoms with van der Waals surface area (Å²) in [5.74, 6) is 6.81. The second kappa shape index (κ2) is 14.1. The lowest BCUT2D eigenvalue weighted by Gasteiger charge is -2.60. The quantitative estimate of drug-likeness (QED) is 0.209. The molecule has 9 atom stereocenters. The van der Waals surface area contributed by atoms with E-state index in [0.717, 1.165) is 54.2 Å². The number of benzene rings is 2. The maximum absolute atomic E-state index is 11.2. The molecule has 5 saturated carbocycles. The van der Waals surface area contributed by atoms with Gasteiger partial charge in [0.1, 0.15) is 5.75 Å². The van der Waals surface area contributed by atoms with Crippen molar-refractivity contribution in [3.8, 4) is 5.75 Å². The molecule has 6 aliphatic carbocycles. The summed E-state index contributed by atoms with van der Waals surface area (Å²) in [4.78, 5) is 0. The van der Waals surface area contributed by atoms with Gasteiger partial charge < -0.3 is 10.4 Å². The van der Waals surface area contributed by atoms with Gasteiger partial charge in [-0.1, -0.05) is 83.8 Å². The number of phenols is 1. The highest BCUT2D eigenvalue weighted by Crippen LogP contribution is 2.73. The second-order valence-corrected chi connectivity index (χ2v) is 22.6. The summed E-state index contributed by atoms with van der Waals surface area (Å²) >= 11 is 0. The highest BCUT2D eigenvalue weighted by Gasteiger charge is 2.62. The minimum atomic E-state index is 0.384. The molecule has 0 saturated heterocycles. The average Bonchev–Trinajstić information content (AvgIpc) is 3.80. The van der Waals surface area contributed by atoms with Gasteiger partial charge in [0.15, 0.2) is 0 Å². The smallest absolute Gasteiger partial charge is 0.116 e. The van der Waals surface area contributed by atoms with E-state index < -0.39 is 0 Å². The zero-order valence-corrected chi connectivity index (χ0v) is 33.4. The zero-order valence-electron chi connectivity index (χ0n) is 31.8. The molecule has 276 valence electrons. The molecule has 2 aromatic rings. The van der Waals surface area contributed by atoms with Crippen LogP contribution in [0, 0.1) is 51.2 Å². The Kier molecular flexibility index (Phi) is 9.74. The zero-order chi connectivity index (χ0) is 34.7. The third kappa shape index (κ3) is 7.15. The van der Waals surface area contributed by atoms with Gasteiger partial charge in [-0.2, -0.15) is 0 Å². The van der Waals surface area contributed by atoms with E-state index in [9.17, 15) is 5.11 Å². The number of nitrogens with one attached hydrogen (secondary N) is 1. The molecule has 4 spiro atoms. The Hall–Kier alpha value is -1.36. The molecule has 1 heterocycles. The molecular formula is C47H65NOS2. The van der Waals surface area contributed by atoms with Crippen molar-refractivity contribution in [1.82, 2.24) is 5.32 Å². The number of hydrogen-bond donors (Lipinski definition) is 2. The van der Waals surface area contributed by atoms with E-state index in [0.29, 0.717) is 34.0 Å². The summed E-state index contributed by atoms with van der Waals surface area (Å²) < 4.78 is 0. The van der Waals surface area contributed by atoms with Gasteiger partial charge >= 0.3 is 0 Å². The second-order valence-electron chi connectivity index (χ2n) is 20.0. The van der Waals surface area contributed by atoms with Gasteiger partial charge in [0.25, 0.3) is 0 Å². The lowest BCUT2D eigenvalue weighted by Crippen LogP contribution is -2.52. The molecule has 0 aromatic heterocycles. The fourth-order valence-electron chi connectivity index (χ4n) is 14.3. The van der Waals surface area contributed by atoms with E-state index in [-0.39, 0.29) is 0 Å². The fourth-order valence-corrected chi connectivity index (χ4v) is 17.1. The van der Waals surface area contributed by atoms with Crippen LogP contribution in [0.15, 0.2) is 54.6 Å². The van der Waals surface area contributed by atoms with Gasteiger partial charge in [-0.15, -0.1) is 0 Å². The Morgan fingerprint density at radius 3 is 2.35 bits per heavy atom. The lowest BCUT2D eigenvalue weighted by atomic mass is 9.44. The topological polar surface area (TPSA) is 32.3 Å². The van der Waals surface area contributed by atoms with Crippen LogP contribution in [0.5, 0.6) is 5.75 Å². The number of fused-ring (bicyclic) bond motifs is 8.